The fourth-order valence-corrected chi connectivity index (χ4v) is 2.64. The highest BCUT2D eigenvalue weighted by Gasteiger charge is 2.10. The Hall–Kier alpha value is -2.64. The second-order valence-electron chi connectivity index (χ2n) is 6.40. The first-order valence-electron chi connectivity index (χ1n) is 8.76. The average molecular weight is 375 g/mol. The number of benzene rings is 1. The van der Waals surface area contributed by atoms with Gasteiger partial charge in [0, 0.05) is 30.8 Å². The van der Waals surface area contributed by atoms with Crippen LogP contribution in [0.3, 0.4) is 0 Å². The summed E-state index contributed by atoms with van der Waals surface area (Å²) in [6.45, 7) is 7.43. The molecule has 0 unspecified atom stereocenters. The third kappa shape index (κ3) is 6.88. The smallest absolute Gasteiger partial charge is 0.331 e. The number of rotatable bonds is 8. The number of carboxylic acids is 2. The second kappa shape index (κ2) is 9.89. The van der Waals surface area contributed by atoms with Gasteiger partial charge >= 0.3 is 11.9 Å². The zero-order valence-corrected chi connectivity index (χ0v) is 15.6. The van der Waals surface area contributed by atoms with Crippen molar-refractivity contribution in [1.29, 1.82) is 0 Å². The lowest BCUT2D eigenvalue weighted by Gasteiger charge is -2.26. The van der Waals surface area contributed by atoms with E-state index in [1.165, 1.54) is 26.0 Å². The Labute approximate surface area is 158 Å². The van der Waals surface area contributed by atoms with Crippen LogP contribution in [0.4, 0.5) is 0 Å². The Morgan fingerprint density at radius 1 is 1.04 bits per heavy atom. The molecule has 0 amide bonds. The molecule has 0 saturated carbocycles. The van der Waals surface area contributed by atoms with Crippen LogP contribution in [-0.2, 0) is 14.3 Å². The van der Waals surface area contributed by atoms with Crippen LogP contribution < -0.4 is 4.74 Å². The fourth-order valence-electron chi connectivity index (χ4n) is 2.64. The Kier molecular flexibility index (Phi) is 7.57. The maximum Gasteiger partial charge on any atom is 0.331 e. The van der Waals surface area contributed by atoms with Crippen LogP contribution in [0.1, 0.15) is 25.0 Å². The largest absolute Gasteiger partial charge is 0.492 e. The number of carboxylic acid groups (broad SMARTS) is 2. The number of morpholine rings is 1. The first kappa shape index (κ1) is 20.7. The van der Waals surface area contributed by atoms with Crippen LogP contribution in [-0.4, -0.2) is 66.5 Å². The predicted molar refractivity (Wildman–Crippen MR) is 102 cm³/mol. The van der Waals surface area contributed by atoms with E-state index in [-0.39, 0.29) is 11.1 Å². The van der Waals surface area contributed by atoms with Gasteiger partial charge in [0.15, 0.2) is 0 Å². The molecule has 1 aromatic rings. The van der Waals surface area contributed by atoms with Gasteiger partial charge in [-0.15, -0.1) is 0 Å². The topological polar surface area (TPSA) is 96.3 Å². The van der Waals surface area contributed by atoms with E-state index < -0.39 is 11.9 Å². The van der Waals surface area contributed by atoms with Gasteiger partial charge in [0.2, 0.25) is 0 Å². The molecule has 1 saturated heterocycles. The van der Waals surface area contributed by atoms with Gasteiger partial charge < -0.3 is 19.7 Å². The van der Waals surface area contributed by atoms with Crippen molar-refractivity contribution in [2.75, 3.05) is 39.5 Å². The molecule has 1 fully saturated rings. The number of carbonyl (C=O) groups is 2. The monoisotopic (exact) mass is 375 g/mol. The van der Waals surface area contributed by atoms with E-state index in [0.717, 1.165) is 32.8 Å². The standard InChI is InChI=1S/C20H25NO6/c1-14(19(22)23)9-16-11-17(10-15(2)20(24)25)13-18(12-16)27-8-5-21-3-6-26-7-4-21/h9-13H,3-8H2,1-2H3,(H,22,23)(H,24,25)/b14-9+,15-10+. The van der Waals surface area contributed by atoms with Crippen LogP contribution in [0.15, 0.2) is 29.3 Å². The van der Waals surface area contributed by atoms with Crippen molar-refractivity contribution in [3.05, 3.63) is 40.5 Å². The number of hydrogen-bond donors (Lipinski definition) is 2. The Bertz CT molecular complexity index is 699. The van der Waals surface area contributed by atoms with Gasteiger partial charge in [-0.05, 0) is 55.3 Å². The van der Waals surface area contributed by atoms with Gasteiger partial charge in [-0.2, -0.15) is 0 Å². The second-order valence-corrected chi connectivity index (χ2v) is 6.40. The Morgan fingerprint density at radius 3 is 2.04 bits per heavy atom. The Balaban J connectivity index is 2.18. The first-order chi connectivity index (χ1) is 12.8. The lowest BCUT2D eigenvalue weighted by Crippen LogP contribution is -2.38. The molecule has 7 heteroatoms. The molecule has 7 nitrogen and oxygen atoms in total. The third-order valence-corrected chi connectivity index (χ3v) is 4.17. The minimum Gasteiger partial charge on any atom is -0.492 e. The molecule has 2 N–H and O–H groups in total. The van der Waals surface area contributed by atoms with Gasteiger partial charge in [0.05, 0.1) is 13.2 Å². The third-order valence-electron chi connectivity index (χ3n) is 4.17. The number of nitrogens with zero attached hydrogens (tertiary/aromatic N) is 1. The molecular formula is C20H25NO6. The van der Waals surface area contributed by atoms with Crippen LogP contribution in [0.25, 0.3) is 12.2 Å². The minimum atomic E-state index is -1.01. The molecule has 1 heterocycles. The lowest BCUT2D eigenvalue weighted by molar-refractivity contribution is -0.133. The van der Waals surface area contributed by atoms with Crippen molar-refractivity contribution in [3.63, 3.8) is 0 Å². The molecule has 0 spiro atoms. The predicted octanol–water partition coefficient (Wildman–Crippen LogP) is 2.37. The summed E-state index contributed by atoms with van der Waals surface area (Å²) in [4.78, 5) is 24.4. The van der Waals surface area contributed by atoms with Crippen molar-refractivity contribution in [3.8, 4) is 5.75 Å². The average Bonchev–Trinajstić information content (AvgIpc) is 2.62. The van der Waals surface area contributed by atoms with Gasteiger partial charge in [-0.25, -0.2) is 9.59 Å². The van der Waals surface area contributed by atoms with E-state index in [2.05, 4.69) is 4.90 Å². The van der Waals surface area contributed by atoms with E-state index in [4.69, 9.17) is 19.7 Å². The molecule has 1 aliphatic rings. The summed E-state index contributed by atoms with van der Waals surface area (Å²) < 4.78 is 11.2. The van der Waals surface area contributed by atoms with E-state index in [1.807, 2.05) is 0 Å². The summed E-state index contributed by atoms with van der Waals surface area (Å²) in [5, 5.41) is 18.2. The molecular weight excluding hydrogens is 350 g/mol. The zero-order chi connectivity index (χ0) is 19.8. The zero-order valence-electron chi connectivity index (χ0n) is 15.6. The highest BCUT2D eigenvalue weighted by atomic mass is 16.5. The number of hydrogen-bond acceptors (Lipinski definition) is 5. The summed E-state index contributed by atoms with van der Waals surface area (Å²) in [6.07, 6.45) is 3.06. The van der Waals surface area contributed by atoms with E-state index in [9.17, 15) is 9.59 Å². The first-order valence-corrected chi connectivity index (χ1v) is 8.76. The van der Waals surface area contributed by atoms with Crippen LogP contribution in [0.2, 0.25) is 0 Å². The van der Waals surface area contributed by atoms with Crippen LogP contribution >= 0.6 is 0 Å². The number of ether oxygens (including phenoxy) is 2. The van der Waals surface area contributed by atoms with Crippen molar-refractivity contribution >= 4 is 24.1 Å². The van der Waals surface area contributed by atoms with Gasteiger partial charge in [-0.3, -0.25) is 4.90 Å². The maximum absolute atomic E-state index is 11.1. The van der Waals surface area contributed by atoms with Crippen molar-refractivity contribution in [2.45, 2.75) is 13.8 Å². The summed E-state index contributed by atoms with van der Waals surface area (Å²) in [6, 6.07) is 5.23. The summed E-state index contributed by atoms with van der Waals surface area (Å²) in [5.74, 6) is -1.44. The highest BCUT2D eigenvalue weighted by Crippen LogP contribution is 2.22. The maximum atomic E-state index is 11.1. The van der Waals surface area contributed by atoms with Gasteiger partial charge in [0.1, 0.15) is 12.4 Å². The van der Waals surface area contributed by atoms with E-state index in [0.29, 0.717) is 23.5 Å². The van der Waals surface area contributed by atoms with Gasteiger partial charge in [0.25, 0.3) is 0 Å². The summed E-state index contributed by atoms with van der Waals surface area (Å²) in [7, 11) is 0. The normalized spacial score (nSPS) is 16.2. The quantitative estimate of drug-likeness (QED) is 0.673. The molecule has 27 heavy (non-hydrogen) atoms. The molecule has 146 valence electrons. The van der Waals surface area contributed by atoms with E-state index >= 15 is 0 Å². The summed E-state index contributed by atoms with van der Waals surface area (Å²) >= 11 is 0. The molecule has 1 aromatic carbocycles. The summed E-state index contributed by atoms with van der Waals surface area (Å²) in [5.41, 5.74) is 1.65. The van der Waals surface area contributed by atoms with Crippen molar-refractivity contribution in [1.82, 2.24) is 4.90 Å². The van der Waals surface area contributed by atoms with Crippen molar-refractivity contribution < 1.29 is 29.3 Å². The molecule has 0 radical (unpaired) electrons. The molecule has 0 atom stereocenters. The molecule has 0 aromatic heterocycles. The number of aliphatic carboxylic acids is 2. The lowest BCUT2D eigenvalue weighted by atomic mass is 10.1. The van der Waals surface area contributed by atoms with Crippen LogP contribution in [0, 0.1) is 0 Å². The molecule has 1 aliphatic heterocycles. The molecule has 0 aliphatic carbocycles. The molecule has 2 rings (SSSR count). The van der Waals surface area contributed by atoms with Crippen molar-refractivity contribution in [2.24, 2.45) is 0 Å². The van der Waals surface area contributed by atoms with Crippen LogP contribution in [0.5, 0.6) is 5.75 Å². The molecule has 0 bridgehead atoms. The minimum absolute atomic E-state index is 0.186. The fraction of sp³-hybridized carbons (Fsp3) is 0.400. The van der Waals surface area contributed by atoms with Gasteiger partial charge in [-0.1, -0.05) is 0 Å². The SMILES string of the molecule is C/C(=C\c1cc(/C=C(\C)C(=O)O)cc(OCCN2CCOCC2)c1)C(=O)O. The Morgan fingerprint density at radius 2 is 1.56 bits per heavy atom. The highest BCUT2D eigenvalue weighted by molar-refractivity contribution is 5.93. The van der Waals surface area contributed by atoms with E-state index in [1.54, 1.807) is 18.2 Å².